The molecule has 72 heavy (non-hydrogen) atoms. The quantitative estimate of drug-likeness (QED) is 0.150. The maximum absolute atomic E-state index is 3.67. The second-order valence-corrected chi connectivity index (χ2v) is 24.1. The fraction of sp³-hybridized carbons (Fsp3) is 0.310. The van der Waals surface area contributed by atoms with Gasteiger partial charge in [0.25, 0.3) is 0 Å². The second-order valence-electron chi connectivity index (χ2n) is 24.1. The van der Waals surface area contributed by atoms with E-state index in [1.807, 2.05) is 13.8 Å². The van der Waals surface area contributed by atoms with Crippen molar-refractivity contribution in [3.63, 3.8) is 0 Å². The van der Waals surface area contributed by atoms with Gasteiger partial charge in [0.05, 0.1) is 11.5 Å². The molecule has 2 unspecified atom stereocenters. The summed E-state index contributed by atoms with van der Waals surface area (Å²) in [5.74, 6) is 0.330. The minimum absolute atomic E-state index is 0.0268. The molecule has 12 rings (SSSR count). The van der Waals surface area contributed by atoms with Crippen molar-refractivity contribution in [3.05, 3.63) is 249 Å². The lowest BCUT2D eigenvalue weighted by Gasteiger charge is -2.46. The van der Waals surface area contributed by atoms with Crippen molar-refractivity contribution in [1.29, 1.82) is 0 Å². The third-order valence-corrected chi connectivity index (χ3v) is 17.3. The van der Waals surface area contributed by atoms with Crippen molar-refractivity contribution in [2.45, 2.75) is 125 Å². The predicted molar refractivity (Wildman–Crippen MR) is 308 cm³/mol. The number of anilines is 2. The molecule has 0 spiro atoms. The van der Waals surface area contributed by atoms with E-state index in [4.69, 9.17) is 0 Å². The van der Waals surface area contributed by atoms with Gasteiger partial charge in [0.1, 0.15) is 0 Å². The Hall–Kier alpha value is -6.66. The van der Waals surface area contributed by atoms with E-state index in [1.54, 1.807) is 5.57 Å². The van der Waals surface area contributed by atoms with Crippen molar-refractivity contribution in [2.75, 3.05) is 4.90 Å². The Balaban J connectivity index is 0.00000277. The molecule has 0 saturated heterocycles. The largest absolute Gasteiger partial charge is 0.334 e. The number of benzene rings is 6. The van der Waals surface area contributed by atoms with Crippen LogP contribution < -0.4 is 4.90 Å². The zero-order valence-electron chi connectivity index (χ0n) is 45.0. The molecule has 1 nitrogen and oxygen atoms in total. The zero-order chi connectivity index (χ0) is 50.5. The van der Waals surface area contributed by atoms with Gasteiger partial charge in [-0.2, -0.15) is 0 Å². The van der Waals surface area contributed by atoms with Gasteiger partial charge in [-0.1, -0.05) is 228 Å². The molecule has 6 aromatic rings. The topological polar surface area (TPSA) is 3.24 Å². The molecule has 0 aromatic heterocycles. The van der Waals surface area contributed by atoms with E-state index in [9.17, 15) is 0 Å². The van der Waals surface area contributed by atoms with Crippen LogP contribution in [-0.2, 0) is 16.2 Å². The Bertz CT molecular complexity index is 3350. The highest BCUT2D eigenvalue weighted by atomic mass is 15.2. The normalized spacial score (nSPS) is 20.5. The van der Waals surface area contributed by atoms with Crippen LogP contribution in [0.1, 0.15) is 147 Å². The van der Waals surface area contributed by atoms with Gasteiger partial charge in [0, 0.05) is 27.8 Å². The number of rotatable bonds is 6. The molecule has 0 amide bonds. The van der Waals surface area contributed by atoms with Crippen molar-refractivity contribution < 1.29 is 0 Å². The van der Waals surface area contributed by atoms with Gasteiger partial charge in [0.15, 0.2) is 0 Å². The van der Waals surface area contributed by atoms with Gasteiger partial charge >= 0.3 is 0 Å². The standard InChI is InChI=1S/C69H67N.C2H6/c1-65(2,3)48-40-57-56-39-45(32-37-60(56)69(46-23-13-11-14-24-46,47-25-15-12-16-26-47)64(57)63(41-48)66(4,5)6)44-22-21-27-49(38-44)70(50-33-35-54-52-28-17-19-30-58(52)67(7,8)61(54)42-50)51-34-36-55-53-29-18-20-31-59(53)68(9,10)62(55)43-51;1-2/h11-19,21-28,30-32,34-40,42-43,50,63H,20,33,41H2,1-10H3;1-2H3. The first kappa shape index (κ1) is 47.7. The lowest BCUT2D eigenvalue weighted by atomic mass is 9.57. The van der Waals surface area contributed by atoms with Crippen LogP contribution in [0.3, 0.4) is 0 Å². The molecule has 0 saturated carbocycles. The van der Waals surface area contributed by atoms with Crippen LogP contribution in [-0.4, -0.2) is 6.04 Å². The van der Waals surface area contributed by atoms with Crippen molar-refractivity contribution in [2.24, 2.45) is 16.7 Å². The van der Waals surface area contributed by atoms with E-state index in [2.05, 4.69) is 256 Å². The van der Waals surface area contributed by atoms with E-state index < -0.39 is 5.41 Å². The molecule has 0 radical (unpaired) electrons. The third-order valence-electron chi connectivity index (χ3n) is 17.3. The van der Waals surface area contributed by atoms with Gasteiger partial charge in [-0.3, -0.25) is 0 Å². The van der Waals surface area contributed by atoms with Crippen LogP contribution >= 0.6 is 0 Å². The lowest BCUT2D eigenvalue weighted by molar-refractivity contribution is 0.250. The summed E-state index contributed by atoms with van der Waals surface area (Å²) in [6, 6.07) is 56.2. The molecule has 6 aliphatic carbocycles. The summed E-state index contributed by atoms with van der Waals surface area (Å²) >= 11 is 0. The van der Waals surface area contributed by atoms with Gasteiger partial charge in [-0.25, -0.2) is 0 Å². The highest BCUT2D eigenvalue weighted by Gasteiger charge is 2.53. The maximum Gasteiger partial charge on any atom is 0.0679 e. The molecule has 0 fully saturated rings. The minimum Gasteiger partial charge on any atom is -0.334 e. The van der Waals surface area contributed by atoms with Crippen molar-refractivity contribution in [1.82, 2.24) is 0 Å². The molecule has 0 bridgehead atoms. The van der Waals surface area contributed by atoms with Crippen LogP contribution in [0, 0.1) is 16.7 Å². The fourth-order valence-corrected chi connectivity index (χ4v) is 13.7. The monoisotopic (exact) mass is 940 g/mol. The molecule has 6 aromatic carbocycles. The fourth-order valence-electron chi connectivity index (χ4n) is 13.7. The smallest absolute Gasteiger partial charge is 0.0679 e. The highest BCUT2D eigenvalue weighted by Crippen LogP contribution is 2.64. The average Bonchev–Trinajstić information content (AvgIpc) is 3.91. The maximum atomic E-state index is 3.67. The Morgan fingerprint density at radius 1 is 0.569 bits per heavy atom. The summed E-state index contributed by atoms with van der Waals surface area (Å²) in [7, 11) is 0. The van der Waals surface area contributed by atoms with E-state index in [0.717, 1.165) is 19.3 Å². The SMILES string of the molecule is CC.CC(C)(C)C1=CC2=C(C(C(C)(C)C)C1)C(c1ccccc1)(c1ccccc1)c1ccc(-c3cccc(N(c4ccc5c(c4)C(C)(C)C4=CCC=C=C45)C4C=C5C(=CC4)c4ccccc4C5(C)C)c3)cc12. The first-order valence-electron chi connectivity index (χ1n) is 26.9. The number of nitrogens with zero attached hydrogens (tertiary/aromatic N) is 1. The highest BCUT2D eigenvalue weighted by molar-refractivity contribution is 5.95. The number of hydrogen-bond donors (Lipinski definition) is 0. The molecule has 2 atom stereocenters. The van der Waals surface area contributed by atoms with Crippen LogP contribution in [0.25, 0.3) is 27.8 Å². The van der Waals surface area contributed by atoms with E-state index in [1.165, 1.54) is 100 Å². The summed E-state index contributed by atoms with van der Waals surface area (Å²) in [5, 5.41) is 0. The van der Waals surface area contributed by atoms with Gasteiger partial charge < -0.3 is 4.90 Å². The summed E-state index contributed by atoms with van der Waals surface area (Å²) < 4.78 is 0. The number of hydrogen-bond acceptors (Lipinski definition) is 1. The Morgan fingerprint density at radius 3 is 1.92 bits per heavy atom. The van der Waals surface area contributed by atoms with Gasteiger partial charge in [-0.15, -0.1) is 5.73 Å². The first-order valence-corrected chi connectivity index (χ1v) is 26.9. The molecule has 0 N–H and O–H groups in total. The predicted octanol–water partition coefficient (Wildman–Crippen LogP) is 18.9. The number of allylic oxidation sites excluding steroid dienone is 9. The average molecular weight is 940 g/mol. The Kier molecular flexibility index (Phi) is 11.4. The van der Waals surface area contributed by atoms with Crippen LogP contribution in [0.15, 0.2) is 204 Å². The van der Waals surface area contributed by atoms with Crippen LogP contribution in [0.5, 0.6) is 0 Å². The summed E-state index contributed by atoms with van der Waals surface area (Å²) in [6.45, 7) is 28.2. The number of fused-ring (bicyclic) bond motifs is 8. The molecule has 362 valence electrons. The molecule has 0 heterocycles. The zero-order valence-corrected chi connectivity index (χ0v) is 45.0. The second kappa shape index (κ2) is 17.2. The lowest BCUT2D eigenvalue weighted by Crippen LogP contribution is -2.38. The van der Waals surface area contributed by atoms with Gasteiger partial charge in [-0.05, 0) is 156 Å². The summed E-state index contributed by atoms with van der Waals surface area (Å²) in [5.41, 5.74) is 29.0. The Morgan fingerprint density at radius 2 is 1.22 bits per heavy atom. The van der Waals surface area contributed by atoms with Crippen LogP contribution in [0.4, 0.5) is 11.4 Å². The Labute approximate surface area is 431 Å². The molecule has 6 aliphatic rings. The van der Waals surface area contributed by atoms with E-state index >= 15 is 0 Å². The van der Waals surface area contributed by atoms with Gasteiger partial charge in [0.2, 0.25) is 0 Å². The minimum atomic E-state index is -0.433. The van der Waals surface area contributed by atoms with E-state index in [-0.39, 0.29) is 27.7 Å². The first-order chi connectivity index (χ1) is 34.5. The molecular formula is C71H73N. The van der Waals surface area contributed by atoms with Crippen LogP contribution in [0.2, 0.25) is 0 Å². The van der Waals surface area contributed by atoms with E-state index in [0.29, 0.717) is 5.92 Å². The van der Waals surface area contributed by atoms with Crippen molar-refractivity contribution >= 4 is 28.1 Å². The molecular weight excluding hydrogens is 867 g/mol. The summed E-state index contributed by atoms with van der Waals surface area (Å²) in [4.78, 5) is 2.65. The molecule has 0 aliphatic heterocycles. The van der Waals surface area contributed by atoms with Crippen molar-refractivity contribution in [3.8, 4) is 11.1 Å². The third kappa shape index (κ3) is 7.24. The summed E-state index contributed by atoms with van der Waals surface area (Å²) in [6.07, 6.45) is 15.3. The molecule has 1 heteroatoms.